The van der Waals surface area contributed by atoms with Crippen molar-refractivity contribution in [3.63, 3.8) is 0 Å². The number of carboxylic acids is 1. The van der Waals surface area contributed by atoms with Crippen LogP contribution in [0.1, 0.15) is 39.1 Å². The zero-order chi connectivity index (χ0) is 14.4. The number of imidazole rings is 1. The number of aromatic nitrogens is 2. The van der Waals surface area contributed by atoms with E-state index in [1.165, 1.54) is 0 Å². The Bertz CT molecular complexity index is 417. The van der Waals surface area contributed by atoms with Crippen molar-refractivity contribution in [2.24, 2.45) is 5.92 Å². The first kappa shape index (κ1) is 15.0. The van der Waals surface area contributed by atoms with Gasteiger partial charge in [-0.1, -0.05) is 13.8 Å². The van der Waals surface area contributed by atoms with Crippen molar-refractivity contribution < 1.29 is 14.7 Å². The van der Waals surface area contributed by atoms with Crippen LogP contribution < -0.4 is 10.6 Å². The number of urea groups is 1. The molecule has 1 aromatic heterocycles. The highest BCUT2D eigenvalue weighted by Crippen LogP contribution is 2.07. The van der Waals surface area contributed by atoms with E-state index >= 15 is 0 Å². The van der Waals surface area contributed by atoms with Crippen molar-refractivity contribution >= 4 is 12.0 Å². The minimum Gasteiger partial charge on any atom is -0.480 e. The fourth-order valence-electron chi connectivity index (χ4n) is 1.67. The Morgan fingerprint density at radius 2 is 2.05 bits per heavy atom. The second-order valence-corrected chi connectivity index (χ2v) is 4.83. The Kier molecular flexibility index (Phi) is 5.35. The Labute approximate surface area is 111 Å². The molecule has 4 N–H and O–H groups in total. The van der Waals surface area contributed by atoms with Crippen LogP contribution in [0.3, 0.4) is 0 Å². The van der Waals surface area contributed by atoms with Crippen LogP contribution in [-0.2, 0) is 4.79 Å². The normalized spacial score (nSPS) is 13.9. The van der Waals surface area contributed by atoms with Crippen LogP contribution in [-0.4, -0.2) is 33.1 Å². The number of aromatic amines is 1. The van der Waals surface area contributed by atoms with E-state index in [4.69, 9.17) is 5.11 Å². The molecule has 106 valence electrons. The molecule has 2 unspecified atom stereocenters. The van der Waals surface area contributed by atoms with Crippen molar-refractivity contribution in [2.45, 2.75) is 39.3 Å². The number of rotatable bonds is 6. The maximum atomic E-state index is 11.7. The number of hydrogen-bond donors (Lipinski definition) is 4. The zero-order valence-corrected chi connectivity index (χ0v) is 11.3. The molecule has 1 heterocycles. The van der Waals surface area contributed by atoms with E-state index in [-0.39, 0.29) is 12.0 Å². The lowest BCUT2D eigenvalue weighted by Gasteiger charge is -2.18. The third-order valence-electron chi connectivity index (χ3n) is 2.59. The van der Waals surface area contributed by atoms with Gasteiger partial charge in [0.2, 0.25) is 0 Å². The molecule has 1 aromatic rings. The molecular formula is C12H20N4O3. The molecule has 1 rings (SSSR count). The molecule has 0 aromatic carbocycles. The van der Waals surface area contributed by atoms with Gasteiger partial charge in [0.15, 0.2) is 0 Å². The highest BCUT2D eigenvalue weighted by atomic mass is 16.4. The summed E-state index contributed by atoms with van der Waals surface area (Å²) in [6, 6.07) is -1.72. The van der Waals surface area contributed by atoms with Crippen molar-refractivity contribution in [2.75, 3.05) is 0 Å². The van der Waals surface area contributed by atoms with Crippen LogP contribution in [0.15, 0.2) is 12.4 Å². The SMILES string of the molecule is CC(C)CC(NC(=O)NC(C)c1ncc[nH]1)C(=O)O. The summed E-state index contributed by atoms with van der Waals surface area (Å²) in [5.74, 6) is -0.232. The fraction of sp³-hybridized carbons (Fsp3) is 0.583. The number of nitrogens with one attached hydrogen (secondary N) is 3. The highest BCUT2D eigenvalue weighted by molar-refractivity contribution is 5.82. The van der Waals surface area contributed by atoms with Crippen LogP contribution >= 0.6 is 0 Å². The van der Waals surface area contributed by atoms with E-state index in [0.29, 0.717) is 12.2 Å². The smallest absolute Gasteiger partial charge is 0.326 e. The van der Waals surface area contributed by atoms with Gasteiger partial charge in [-0.3, -0.25) is 0 Å². The summed E-state index contributed by atoms with van der Waals surface area (Å²) < 4.78 is 0. The number of carboxylic acid groups (broad SMARTS) is 1. The second kappa shape index (κ2) is 6.77. The van der Waals surface area contributed by atoms with Crippen LogP contribution in [0.5, 0.6) is 0 Å². The molecule has 0 saturated carbocycles. The molecular weight excluding hydrogens is 248 g/mol. The van der Waals surface area contributed by atoms with Crippen molar-refractivity contribution in [1.29, 1.82) is 0 Å². The average molecular weight is 268 g/mol. The van der Waals surface area contributed by atoms with Crippen LogP contribution in [0.2, 0.25) is 0 Å². The summed E-state index contributed by atoms with van der Waals surface area (Å²) in [4.78, 5) is 29.6. The van der Waals surface area contributed by atoms with Gasteiger partial charge in [0.1, 0.15) is 11.9 Å². The number of nitrogens with zero attached hydrogens (tertiary/aromatic N) is 1. The third kappa shape index (κ3) is 4.99. The fourth-order valence-corrected chi connectivity index (χ4v) is 1.67. The second-order valence-electron chi connectivity index (χ2n) is 4.83. The first-order valence-corrected chi connectivity index (χ1v) is 6.19. The van der Waals surface area contributed by atoms with Gasteiger partial charge in [0, 0.05) is 12.4 Å². The number of amides is 2. The molecule has 2 atom stereocenters. The minimum absolute atomic E-state index is 0.184. The molecule has 0 aliphatic rings. The van der Waals surface area contributed by atoms with Gasteiger partial charge in [-0.05, 0) is 19.3 Å². The molecule has 0 bridgehead atoms. The minimum atomic E-state index is -1.03. The quantitative estimate of drug-likeness (QED) is 0.623. The molecule has 0 aliphatic heterocycles. The standard InChI is InChI=1S/C12H20N4O3/c1-7(2)6-9(11(17)18)16-12(19)15-8(3)10-13-4-5-14-10/h4-5,7-9H,6H2,1-3H3,(H,13,14)(H,17,18)(H2,15,16,19). The first-order valence-electron chi connectivity index (χ1n) is 6.19. The van der Waals surface area contributed by atoms with Crippen molar-refractivity contribution in [3.8, 4) is 0 Å². The van der Waals surface area contributed by atoms with Crippen LogP contribution in [0, 0.1) is 5.92 Å². The topological polar surface area (TPSA) is 107 Å². The molecule has 0 fully saturated rings. The van der Waals surface area contributed by atoms with Crippen molar-refractivity contribution in [3.05, 3.63) is 18.2 Å². The van der Waals surface area contributed by atoms with Crippen molar-refractivity contribution in [1.82, 2.24) is 20.6 Å². The summed E-state index contributed by atoms with van der Waals surface area (Å²) in [5.41, 5.74) is 0. The Balaban J connectivity index is 2.51. The number of hydrogen-bond acceptors (Lipinski definition) is 3. The summed E-state index contributed by atoms with van der Waals surface area (Å²) in [6.07, 6.45) is 3.63. The average Bonchev–Trinajstić information content (AvgIpc) is 2.80. The monoisotopic (exact) mass is 268 g/mol. The van der Waals surface area contributed by atoms with Gasteiger partial charge in [0.25, 0.3) is 0 Å². The maximum absolute atomic E-state index is 11.7. The molecule has 2 amide bonds. The maximum Gasteiger partial charge on any atom is 0.326 e. The molecule has 7 heteroatoms. The molecule has 0 spiro atoms. The predicted octanol–water partition coefficient (Wildman–Crippen LogP) is 1.27. The van der Waals surface area contributed by atoms with E-state index < -0.39 is 18.0 Å². The lowest BCUT2D eigenvalue weighted by Crippen LogP contribution is -2.47. The zero-order valence-electron chi connectivity index (χ0n) is 11.3. The number of aliphatic carboxylic acids is 1. The van der Waals surface area contributed by atoms with Gasteiger partial charge < -0.3 is 20.7 Å². The molecule has 0 aliphatic carbocycles. The van der Waals surface area contributed by atoms with Gasteiger partial charge in [-0.15, -0.1) is 0 Å². The summed E-state index contributed by atoms with van der Waals surface area (Å²) in [6.45, 7) is 5.57. The molecule has 0 radical (unpaired) electrons. The van der Waals surface area contributed by atoms with Gasteiger partial charge in [0.05, 0.1) is 6.04 Å². The van der Waals surface area contributed by atoms with Gasteiger partial charge >= 0.3 is 12.0 Å². The predicted molar refractivity (Wildman–Crippen MR) is 69.5 cm³/mol. The Morgan fingerprint density at radius 3 is 2.53 bits per heavy atom. The van der Waals surface area contributed by atoms with Gasteiger partial charge in [-0.2, -0.15) is 0 Å². The van der Waals surface area contributed by atoms with E-state index in [1.807, 2.05) is 13.8 Å². The van der Waals surface area contributed by atoms with Crippen LogP contribution in [0.25, 0.3) is 0 Å². The largest absolute Gasteiger partial charge is 0.480 e. The Hall–Kier alpha value is -2.05. The van der Waals surface area contributed by atoms with Crippen LogP contribution in [0.4, 0.5) is 4.79 Å². The lowest BCUT2D eigenvalue weighted by molar-refractivity contribution is -0.139. The molecule has 0 saturated heterocycles. The van der Waals surface area contributed by atoms with E-state index in [0.717, 1.165) is 0 Å². The summed E-state index contributed by atoms with van der Waals surface area (Å²) in [7, 11) is 0. The van der Waals surface area contributed by atoms with E-state index in [9.17, 15) is 9.59 Å². The molecule has 7 nitrogen and oxygen atoms in total. The number of H-pyrrole nitrogens is 1. The lowest BCUT2D eigenvalue weighted by atomic mass is 10.0. The number of carbonyl (C=O) groups excluding carboxylic acids is 1. The third-order valence-corrected chi connectivity index (χ3v) is 2.59. The first-order chi connectivity index (χ1) is 8.90. The number of carbonyl (C=O) groups is 2. The summed E-state index contributed by atoms with van der Waals surface area (Å²) >= 11 is 0. The summed E-state index contributed by atoms with van der Waals surface area (Å²) in [5, 5.41) is 14.1. The van der Waals surface area contributed by atoms with E-state index in [2.05, 4.69) is 20.6 Å². The molecule has 19 heavy (non-hydrogen) atoms. The van der Waals surface area contributed by atoms with E-state index in [1.54, 1.807) is 19.3 Å². The Morgan fingerprint density at radius 1 is 1.37 bits per heavy atom. The van der Waals surface area contributed by atoms with Gasteiger partial charge in [-0.25, -0.2) is 14.6 Å². The highest BCUT2D eigenvalue weighted by Gasteiger charge is 2.22.